The van der Waals surface area contributed by atoms with Gasteiger partial charge in [-0.05, 0) is 91.8 Å². The Morgan fingerprint density at radius 2 is 1.35 bits per heavy atom. The molecule has 0 aromatic carbocycles. The minimum atomic E-state index is -0.0932. The monoisotopic (exact) mass is 354 g/mol. The third-order valence-corrected chi connectivity index (χ3v) is 12.0. The van der Waals surface area contributed by atoms with Gasteiger partial charge >= 0.3 is 0 Å². The van der Waals surface area contributed by atoms with Crippen molar-refractivity contribution in [2.24, 2.45) is 70.0 Å². The molecular formula is C23H30O3. The van der Waals surface area contributed by atoms with Crippen LogP contribution in [-0.2, 0) is 14.3 Å². The summed E-state index contributed by atoms with van der Waals surface area (Å²) in [4.78, 5) is 13.3. The molecule has 4 bridgehead atoms. The van der Waals surface area contributed by atoms with Gasteiger partial charge in [-0.1, -0.05) is 13.8 Å². The van der Waals surface area contributed by atoms with Gasteiger partial charge in [0.05, 0.1) is 12.2 Å². The fourth-order valence-electron chi connectivity index (χ4n) is 11.9. The van der Waals surface area contributed by atoms with Crippen LogP contribution in [0.1, 0.15) is 46.5 Å². The number of ether oxygens (including phenoxy) is 2. The maximum atomic E-state index is 13.3. The predicted octanol–water partition coefficient (Wildman–Crippen LogP) is 3.52. The Balaban J connectivity index is 1.47. The van der Waals surface area contributed by atoms with Crippen LogP contribution in [0.15, 0.2) is 0 Å². The summed E-state index contributed by atoms with van der Waals surface area (Å²) >= 11 is 0. The number of hydrogen-bond donors (Lipinski definition) is 0. The van der Waals surface area contributed by atoms with Crippen molar-refractivity contribution in [3.05, 3.63) is 0 Å². The van der Waals surface area contributed by atoms with E-state index in [-0.39, 0.29) is 17.1 Å². The van der Waals surface area contributed by atoms with Gasteiger partial charge in [-0.15, -0.1) is 0 Å². The van der Waals surface area contributed by atoms with Gasteiger partial charge in [-0.2, -0.15) is 0 Å². The van der Waals surface area contributed by atoms with E-state index in [1.165, 1.54) is 25.7 Å². The lowest BCUT2D eigenvalue weighted by Crippen LogP contribution is -2.55. The summed E-state index contributed by atoms with van der Waals surface area (Å²) in [6.45, 7) is 6.89. The molecule has 6 aliphatic carbocycles. The molecule has 140 valence electrons. The first-order valence-electron chi connectivity index (χ1n) is 11.3. The summed E-state index contributed by atoms with van der Waals surface area (Å²) in [5.41, 5.74) is 0.128. The Labute approximate surface area is 155 Å². The van der Waals surface area contributed by atoms with Gasteiger partial charge in [0.1, 0.15) is 5.78 Å². The maximum Gasteiger partial charge on any atom is 0.164 e. The minimum Gasteiger partial charge on any atom is -0.349 e. The van der Waals surface area contributed by atoms with Gasteiger partial charge in [-0.3, -0.25) is 4.79 Å². The first-order chi connectivity index (χ1) is 12.5. The zero-order valence-electron chi connectivity index (χ0n) is 16.1. The molecule has 0 amide bonds. The predicted molar refractivity (Wildman–Crippen MR) is 93.8 cm³/mol. The molecule has 26 heavy (non-hydrogen) atoms. The van der Waals surface area contributed by atoms with Crippen molar-refractivity contribution >= 4 is 5.78 Å². The lowest BCUT2D eigenvalue weighted by molar-refractivity contribution is -0.302. The molecule has 2 saturated heterocycles. The average Bonchev–Trinajstić information content (AvgIpc) is 3.32. The number of hydrogen-bond acceptors (Lipinski definition) is 3. The summed E-state index contributed by atoms with van der Waals surface area (Å²) in [6, 6.07) is 0. The van der Waals surface area contributed by atoms with E-state index >= 15 is 0 Å². The maximum absolute atomic E-state index is 13.3. The molecule has 0 unspecified atom stereocenters. The Hall–Kier alpha value is -0.410. The fourth-order valence-corrected chi connectivity index (χ4v) is 11.9. The van der Waals surface area contributed by atoms with Gasteiger partial charge < -0.3 is 9.47 Å². The highest BCUT2D eigenvalue weighted by atomic mass is 16.7. The number of carbonyl (C=O) groups is 1. The average molecular weight is 354 g/mol. The Kier molecular flexibility index (Phi) is 2.16. The summed E-state index contributed by atoms with van der Waals surface area (Å²) < 4.78 is 13.6. The first-order valence-corrected chi connectivity index (χ1v) is 11.3. The Morgan fingerprint density at radius 1 is 0.769 bits per heavy atom. The Bertz CT molecular complexity index is 763. The zero-order valence-corrected chi connectivity index (χ0v) is 16.1. The van der Waals surface area contributed by atoms with Crippen LogP contribution in [0.25, 0.3) is 0 Å². The van der Waals surface area contributed by atoms with Gasteiger partial charge in [-0.25, -0.2) is 0 Å². The quantitative estimate of drug-likeness (QED) is 0.723. The second-order valence-electron chi connectivity index (χ2n) is 11.8. The van der Waals surface area contributed by atoms with Gasteiger partial charge in [0.15, 0.2) is 6.29 Å². The molecule has 6 saturated carbocycles. The van der Waals surface area contributed by atoms with Crippen LogP contribution in [0.5, 0.6) is 0 Å². The van der Waals surface area contributed by atoms with Crippen molar-refractivity contribution in [2.75, 3.05) is 0 Å². The van der Waals surface area contributed by atoms with E-state index in [0.717, 1.165) is 41.4 Å². The number of fused-ring (bicyclic) bond motifs is 1. The second-order valence-corrected chi connectivity index (χ2v) is 11.8. The highest BCUT2D eigenvalue weighted by Crippen LogP contribution is 2.87. The molecule has 0 spiro atoms. The van der Waals surface area contributed by atoms with Crippen LogP contribution in [-0.4, -0.2) is 24.3 Å². The molecule has 3 nitrogen and oxygen atoms in total. The normalized spacial score (nSPS) is 75.4. The standard InChI is InChI=1S/C23H30O3/c1-8(24)22(2)17-9-4-6-12-14(9)20-15(17)16-18-10-5-7-11(13(10)19(16)22)25-21(26-12)23(18,20)3/h9-21H,4-7H2,1-3H3/t9-,10+,11+,12+,13-,14+,15+,16-,17-,18-,19-,20-,21+,22+,23+/m1/s1. The van der Waals surface area contributed by atoms with E-state index in [1.807, 2.05) is 6.92 Å². The Morgan fingerprint density at radius 3 is 2.00 bits per heavy atom. The van der Waals surface area contributed by atoms with Gasteiger partial charge in [0.25, 0.3) is 0 Å². The van der Waals surface area contributed by atoms with Crippen molar-refractivity contribution in [1.29, 1.82) is 0 Å². The van der Waals surface area contributed by atoms with Gasteiger partial charge in [0, 0.05) is 10.8 Å². The number of ketones is 1. The summed E-state index contributed by atoms with van der Waals surface area (Å²) in [5, 5.41) is 0. The molecule has 8 rings (SSSR count). The summed E-state index contributed by atoms with van der Waals surface area (Å²) in [6.07, 6.45) is 5.85. The SMILES string of the molecule is CC(=O)[C@]1(C)[C@H]2[C@@H]3[C@H]4[C@H]1[C@@H]1CC[C@@H]5O[C@@H]6O[C@H]7CC[C@@H]([C@@H]27)[C@H]3[C@@]6(C)[C@@H]4[C@@H]15. The molecule has 15 atom stereocenters. The molecule has 8 fully saturated rings. The molecule has 0 N–H and O–H groups in total. The fraction of sp³-hybridized carbons (Fsp3) is 0.957. The summed E-state index contributed by atoms with van der Waals surface area (Å²) in [5.74, 6) is 7.74. The molecule has 0 aromatic heterocycles. The summed E-state index contributed by atoms with van der Waals surface area (Å²) in [7, 11) is 0. The van der Waals surface area contributed by atoms with Crippen LogP contribution in [0.2, 0.25) is 0 Å². The van der Waals surface area contributed by atoms with E-state index in [1.54, 1.807) is 0 Å². The van der Waals surface area contributed by atoms with E-state index in [0.29, 0.717) is 35.7 Å². The number of rotatable bonds is 1. The lowest BCUT2D eigenvalue weighted by atomic mass is 9.62. The molecular weight excluding hydrogens is 324 g/mol. The minimum absolute atomic E-state index is 0.0455. The van der Waals surface area contributed by atoms with E-state index in [2.05, 4.69) is 13.8 Å². The third-order valence-electron chi connectivity index (χ3n) is 12.0. The molecule has 2 aliphatic heterocycles. The van der Waals surface area contributed by atoms with Crippen LogP contribution >= 0.6 is 0 Å². The van der Waals surface area contributed by atoms with Crippen molar-refractivity contribution in [3.8, 4) is 0 Å². The van der Waals surface area contributed by atoms with Crippen molar-refractivity contribution < 1.29 is 14.3 Å². The molecule has 0 aromatic rings. The number of carbonyl (C=O) groups excluding carboxylic acids is 1. The number of Topliss-reactive ketones (excluding diaryl/α,β-unsaturated/α-hetero) is 1. The molecule has 3 heteroatoms. The van der Waals surface area contributed by atoms with Crippen molar-refractivity contribution in [1.82, 2.24) is 0 Å². The zero-order chi connectivity index (χ0) is 17.3. The van der Waals surface area contributed by atoms with E-state index in [4.69, 9.17) is 9.47 Å². The van der Waals surface area contributed by atoms with E-state index in [9.17, 15) is 4.79 Å². The first kappa shape index (κ1) is 14.6. The third kappa shape index (κ3) is 1.08. The molecule has 2 heterocycles. The van der Waals surface area contributed by atoms with Crippen LogP contribution in [0.3, 0.4) is 0 Å². The van der Waals surface area contributed by atoms with E-state index < -0.39 is 0 Å². The van der Waals surface area contributed by atoms with Crippen molar-refractivity contribution in [3.63, 3.8) is 0 Å². The lowest BCUT2D eigenvalue weighted by Gasteiger charge is -2.52. The highest BCUT2D eigenvalue weighted by molar-refractivity contribution is 5.84. The largest absolute Gasteiger partial charge is 0.349 e. The molecule has 8 aliphatic rings. The second kappa shape index (κ2) is 3.85. The van der Waals surface area contributed by atoms with Crippen molar-refractivity contribution in [2.45, 2.75) is 65.0 Å². The van der Waals surface area contributed by atoms with Crippen LogP contribution < -0.4 is 0 Å². The highest BCUT2D eigenvalue weighted by Gasteiger charge is 2.87. The molecule has 0 radical (unpaired) electrons. The smallest absolute Gasteiger partial charge is 0.164 e. The van der Waals surface area contributed by atoms with Crippen LogP contribution in [0.4, 0.5) is 0 Å². The topological polar surface area (TPSA) is 35.5 Å². The van der Waals surface area contributed by atoms with Crippen LogP contribution in [0, 0.1) is 70.0 Å². The van der Waals surface area contributed by atoms with Gasteiger partial charge in [0.2, 0.25) is 0 Å².